The Morgan fingerprint density at radius 2 is 0.341 bits per heavy atom. The van der Waals surface area contributed by atoms with Gasteiger partial charge in [0.2, 0.25) is 0 Å². The molecule has 0 saturated heterocycles. The van der Waals surface area contributed by atoms with Gasteiger partial charge in [0, 0.05) is 66.2 Å². The van der Waals surface area contributed by atoms with Crippen LogP contribution in [-0.2, 0) is 65.0 Å². The summed E-state index contributed by atoms with van der Waals surface area (Å²) in [5, 5.41) is 43.1. The van der Waals surface area contributed by atoms with E-state index in [-0.39, 0.29) is 65.0 Å². The first kappa shape index (κ1) is 71.2. The van der Waals surface area contributed by atoms with Gasteiger partial charge < -0.3 is 20.4 Å². The van der Waals surface area contributed by atoms with Crippen LogP contribution in [0.2, 0.25) is 0 Å². The summed E-state index contributed by atoms with van der Waals surface area (Å²) in [5.74, 6) is 1.62. The molecule has 5 heteroatoms. The number of hydrogen-bond acceptors (Lipinski definition) is 4. The Bertz CT molecular complexity index is 2980. The third-order valence-electron chi connectivity index (χ3n) is 15.5. The third kappa shape index (κ3) is 18.8. The summed E-state index contributed by atoms with van der Waals surface area (Å²) in [7, 11) is 0. The maximum absolute atomic E-state index is 10.8. The molecule has 8 rings (SSSR count). The van der Waals surface area contributed by atoms with E-state index in [4.69, 9.17) is 0 Å². The van der Waals surface area contributed by atoms with Crippen LogP contribution >= 0.6 is 0 Å². The van der Waals surface area contributed by atoms with Crippen LogP contribution in [0, 0.1) is 0 Å². The van der Waals surface area contributed by atoms with Crippen molar-refractivity contribution in [2.75, 3.05) is 0 Å². The molecule has 4 nitrogen and oxygen atoms in total. The van der Waals surface area contributed by atoms with E-state index in [9.17, 15) is 20.4 Å². The molecular formula is C80H104O4Ti. The van der Waals surface area contributed by atoms with Crippen LogP contribution in [0.1, 0.15) is 211 Å². The quantitative estimate of drug-likeness (QED) is 0.132. The zero-order chi connectivity index (χ0) is 63.3. The van der Waals surface area contributed by atoms with Crippen molar-refractivity contribution in [3.05, 3.63) is 214 Å². The van der Waals surface area contributed by atoms with Crippen molar-refractivity contribution in [2.24, 2.45) is 0 Å². The molecule has 0 fully saturated rings. The van der Waals surface area contributed by atoms with E-state index in [1.54, 1.807) is 0 Å². The van der Waals surface area contributed by atoms with Crippen molar-refractivity contribution in [3.8, 4) is 67.5 Å². The van der Waals surface area contributed by atoms with Gasteiger partial charge in [0.25, 0.3) is 0 Å². The van der Waals surface area contributed by atoms with Gasteiger partial charge in [-0.3, -0.25) is 0 Å². The van der Waals surface area contributed by atoms with Crippen molar-refractivity contribution in [1.82, 2.24) is 0 Å². The predicted octanol–water partition coefficient (Wildman–Crippen LogP) is 22.6. The smallest absolute Gasteiger partial charge is 0.127 e. The van der Waals surface area contributed by atoms with Gasteiger partial charge >= 0.3 is 0 Å². The number of phenolic OH excluding ortho intramolecular Hbond substituents is 4. The molecule has 0 aromatic heterocycles. The van der Waals surface area contributed by atoms with Crippen LogP contribution in [0.15, 0.2) is 170 Å². The maximum Gasteiger partial charge on any atom is 0.127 e. The molecule has 0 amide bonds. The summed E-state index contributed by atoms with van der Waals surface area (Å²) in [6, 6.07) is 57.6. The second-order valence-electron chi connectivity index (χ2n) is 31.1. The van der Waals surface area contributed by atoms with Gasteiger partial charge in [-0.15, -0.1) is 0 Å². The number of hydrogen-bond donors (Lipinski definition) is 4. The third-order valence-corrected chi connectivity index (χ3v) is 15.5. The van der Waals surface area contributed by atoms with E-state index in [1.165, 1.54) is 22.3 Å². The largest absolute Gasteiger partial charge is 0.507 e. The standard InChI is InChI=1S/4C20H26O.Ti/c4*1-19(2,3)15-12-16(14-10-8-7-9-11-14)18(21)17(13-15)20(4,5)6;/h4*7-13,21H,1-6H3;. The Hall–Kier alpha value is -6.33. The number of aromatic hydroxyl groups is 4. The first-order valence-corrected chi connectivity index (χ1v) is 30.2. The average molecular weight is 1180 g/mol. The topological polar surface area (TPSA) is 80.9 Å². The number of rotatable bonds is 4. The van der Waals surface area contributed by atoms with E-state index in [1.807, 2.05) is 121 Å². The van der Waals surface area contributed by atoms with Crippen LogP contribution in [0.5, 0.6) is 23.0 Å². The zero-order valence-corrected chi connectivity index (χ0v) is 58.0. The molecule has 0 spiro atoms. The monoisotopic (exact) mass is 1180 g/mol. The molecule has 85 heavy (non-hydrogen) atoms. The van der Waals surface area contributed by atoms with Gasteiger partial charge in [-0.25, -0.2) is 0 Å². The molecule has 0 heterocycles. The molecule has 0 saturated carbocycles. The second kappa shape index (κ2) is 27.2. The van der Waals surface area contributed by atoms with Gasteiger partial charge in [-0.1, -0.05) is 312 Å². The van der Waals surface area contributed by atoms with E-state index >= 15 is 0 Å². The maximum atomic E-state index is 10.8. The molecule has 0 aliphatic rings. The fourth-order valence-corrected chi connectivity index (χ4v) is 9.91. The number of benzene rings is 8. The molecule has 8 aromatic carbocycles. The summed E-state index contributed by atoms with van der Waals surface area (Å²) in [4.78, 5) is 0. The first-order valence-electron chi connectivity index (χ1n) is 30.2. The van der Waals surface area contributed by atoms with Gasteiger partial charge in [-0.05, 0) is 112 Å². The minimum atomic E-state index is -0.0884. The van der Waals surface area contributed by atoms with Gasteiger partial charge in [0.05, 0.1) is 0 Å². The van der Waals surface area contributed by atoms with Gasteiger partial charge in [0.15, 0.2) is 0 Å². The molecule has 0 radical (unpaired) electrons. The van der Waals surface area contributed by atoms with Crippen molar-refractivity contribution in [3.63, 3.8) is 0 Å². The van der Waals surface area contributed by atoms with E-state index in [0.29, 0.717) is 23.0 Å². The molecule has 4 N–H and O–H groups in total. The molecule has 0 unspecified atom stereocenters. The summed E-state index contributed by atoms with van der Waals surface area (Å²) in [6.45, 7) is 52.2. The second-order valence-corrected chi connectivity index (χ2v) is 31.1. The first-order chi connectivity index (χ1) is 38.4. The van der Waals surface area contributed by atoms with Crippen LogP contribution < -0.4 is 0 Å². The van der Waals surface area contributed by atoms with Crippen molar-refractivity contribution in [1.29, 1.82) is 0 Å². The zero-order valence-electron chi connectivity index (χ0n) is 56.5. The molecule has 452 valence electrons. The minimum absolute atomic E-state index is 0. The van der Waals surface area contributed by atoms with Crippen LogP contribution in [0.4, 0.5) is 0 Å². The fourth-order valence-electron chi connectivity index (χ4n) is 9.91. The Labute approximate surface area is 530 Å². The number of phenols is 4. The van der Waals surface area contributed by atoms with Crippen molar-refractivity contribution < 1.29 is 42.1 Å². The summed E-state index contributed by atoms with van der Waals surface area (Å²) in [5.41, 5.74) is 16.8. The molecule has 0 bridgehead atoms. The fraction of sp³-hybridized carbons (Fsp3) is 0.400. The van der Waals surface area contributed by atoms with Crippen LogP contribution in [0.3, 0.4) is 0 Å². The van der Waals surface area contributed by atoms with E-state index in [0.717, 1.165) is 66.8 Å². The summed E-state index contributed by atoms with van der Waals surface area (Å²) < 4.78 is 0. The van der Waals surface area contributed by atoms with E-state index in [2.05, 4.69) is 215 Å². The molecule has 0 aliphatic heterocycles. The SMILES string of the molecule is CC(C)(C)c1cc(-c2ccccc2)c(O)c(C(C)(C)C)c1.CC(C)(C)c1cc(-c2ccccc2)c(O)c(C(C)(C)C)c1.CC(C)(C)c1cc(-c2ccccc2)c(O)c(C(C)(C)C)c1.CC(C)(C)c1cc(-c2ccccc2)c(O)c(C(C)(C)C)c1.[Ti]. The Morgan fingerprint density at radius 3 is 0.459 bits per heavy atom. The van der Waals surface area contributed by atoms with Crippen LogP contribution in [-0.4, -0.2) is 20.4 Å². The Morgan fingerprint density at radius 1 is 0.200 bits per heavy atom. The summed E-state index contributed by atoms with van der Waals surface area (Å²) in [6.07, 6.45) is 0. The molecule has 8 aromatic rings. The molecule has 0 aliphatic carbocycles. The van der Waals surface area contributed by atoms with Crippen molar-refractivity contribution in [2.45, 2.75) is 209 Å². The van der Waals surface area contributed by atoms with Crippen LogP contribution in [0.25, 0.3) is 44.5 Å². The molecular weight excluding hydrogens is 1070 g/mol. The molecule has 0 atom stereocenters. The predicted molar refractivity (Wildman–Crippen MR) is 364 cm³/mol. The normalized spacial score (nSPS) is 12.3. The Balaban J connectivity index is 0.000000242. The summed E-state index contributed by atoms with van der Waals surface area (Å²) >= 11 is 0. The van der Waals surface area contributed by atoms with Gasteiger partial charge in [-0.2, -0.15) is 0 Å². The van der Waals surface area contributed by atoms with Gasteiger partial charge in [0.1, 0.15) is 23.0 Å². The van der Waals surface area contributed by atoms with Crippen molar-refractivity contribution >= 4 is 0 Å². The minimum Gasteiger partial charge on any atom is -0.507 e. The van der Waals surface area contributed by atoms with E-state index < -0.39 is 0 Å². The average Bonchev–Trinajstić information content (AvgIpc) is 1.66. The Kier molecular flexibility index (Phi) is 22.7.